The number of hydrogen-bond donors (Lipinski definition) is 3. The van der Waals surface area contributed by atoms with Gasteiger partial charge in [-0.1, -0.05) is 192 Å². The van der Waals surface area contributed by atoms with Crippen molar-refractivity contribution in [3.8, 4) is 0 Å². The Kier molecular flexibility index (Phi) is 46.4. The molecule has 6 atom stereocenters. The highest BCUT2D eigenvalue weighted by molar-refractivity contribution is 5.74. The van der Waals surface area contributed by atoms with Crippen LogP contribution in [0.25, 0.3) is 0 Å². The molecule has 1 fully saturated rings. The standard InChI is InChI=1S/C65H98O12/c1-4-7-10-13-16-19-22-25-27-28-29-30-32-35-38-41-44-47-50-53-59(68)76-63-61(70)60(69)62(64(71)72)77-65(63)74-55-56(75-58(67)52-49-46-43-40-37-33-24-21-18-15-12-9-6-3)54-73-57(66)51-48-45-42-39-36-34-31-26-23-20-17-14-11-8-5-2/h7-12,16-21,25-27,29-31,33,36-37,39,43,46,56,60-63,65,69-70H,4-6,13-15,22-24,28,32,34-35,38,40-42,44-45,47-55H2,1-3H3,(H,71,72)/b10-7-,11-8-,12-9-,19-16-,20-17-,21-18-,27-25-,30-29-,31-26-,37-33-,39-36-,46-43-. The maximum absolute atomic E-state index is 13.1. The Morgan fingerprint density at radius 1 is 0.429 bits per heavy atom. The van der Waals surface area contributed by atoms with Crippen LogP contribution in [0.15, 0.2) is 146 Å². The van der Waals surface area contributed by atoms with Crippen LogP contribution in [0.4, 0.5) is 0 Å². The largest absolute Gasteiger partial charge is 0.479 e. The summed E-state index contributed by atoms with van der Waals surface area (Å²) in [7, 11) is 0. The van der Waals surface area contributed by atoms with E-state index in [-0.39, 0.29) is 25.9 Å². The number of carbonyl (C=O) groups is 4. The average Bonchev–Trinajstić information content (AvgIpc) is 3.42. The molecule has 0 radical (unpaired) electrons. The minimum atomic E-state index is -1.93. The van der Waals surface area contributed by atoms with Crippen molar-refractivity contribution in [3.63, 3.8) is 0 Å². The molecule has 1 aliphatic heterocycles. The zero-order valence-corrected chi connectivity index (χ0v) is 47.1. The Morgan fingerprint density at radius 3 is 1.26 bits per heavy atom. The van der Waals surface area contributed by atoms with E-state index in [4.69, 9.17) is 23.7 Å². The summed E-state index contributed by atoms with van der Waals surface area (Å²) < 4.78 is 28.2. The lowest BCUT2D eigenvalue weighted by molar-refractivity contribution is -0.301. The van der Waals surface area contributed by atoms with Gasteiger partial charge in [0.15, 0.2) is 24.6 Å². The van der Waals surface area contributed by atoms with E-state index in [1.165, 1.54) is 0 Å². The Morgan fingerprint density at radius 2 is 0.805 bits per heavy atom. The highest BCUT2D eigenvalue weighted by Gasteiger charge is 2.50. The van der Waals surface area contributed by atoms with Gasteiger partial charge in [-0.15, -0.1) is 0 Å². The van der Waals surface area contributed by atoms with Crippen molar-refractivity contribution in [1.82, 2.24) is 0 Å². The number of carbonyl (C=O) groups excluding carboxylic acids is 3. The average molecular weight is 1070 g/mol. The number of hydrogen-bond acceptors (Lipinski definition) is 11. The summed E-state index contributed by atoms with van der Waals surface area (Å²) in [6, 6.07) is 0. The molecule has 0 amide bonds. The molecule has 12 heteroatoms. The van der Waals surface area contributed by atoms with Crippen molar-refractivity contribution in [2.45, 2.75) is 225 Å². The fourth-order valence-electron chi connectivity index (χ4n) is 7.60. The van der Waals surface area contributed by atoms with Crippen molar-refractivity contribution >= 4 is 23.9 Å². The molecule has 0 aliphatic carbocycles. The Balaban J connectivity index is 2.76. The van der Waals surface area contributed by atoms with Crippen LogP contribution >= 0.6 is 0 Å². The summed E-state index contributed by atoms with van der Waals surface area (Å²) in [6.07, 6.45) is 61.2. The second-order valence-electron chi connectivity index (χ2n) is 18.8. The number of carboxylic acids is 1. The van der Waals surface area contributed by atoms with Crippen molar-refractivity contribution in [1.29, 1.82) is 0 Å². The summed E-state index contributed by atoms with van der Waals surface area (Å²) in [5.41, 5.74) is 0. The monoisotopic (exact) mass is 1070 g/mol. The molecule has 77 heavy (non-hydrogen) atoms. The minimum absolute atomic E-state index is 0.0220. The van der Waals surface area contributed by atoms with Crippen LogP contribution in [-0.4, -0.2) is 89.2 Å². The third-order valence-electron chi connectivity index (χ3n) is 11.9. The lowest BCUT2D eigenvalue weighted by Gasteiger charge is -2.40. The molecule has 430 valence electrons. The van der Waals surface area contributed by atoms with Gasteiger partial charge in [0.05, 0.1) is 6.61 Å². The van der Waals surface area contributed by atoms with Gasteiger partial charge < -0.3 is 39.0 Å². The molecule has 0 aromatic rings. The van der Waals surface area contributed by atoms with Gasteiger partial charge in [0, 0.05) is 19.3 Å². The summed E-state index contributed by atoms with van der Waals surface area (Å²) in [5.74, 6) is -3.33. The number of unbranched alkanes of at least 4 members (excludes halogenated alkanes) is 8. The van der Waals surface area contributed by atoms with Crippen LogP contribution in [0, 0.1) is 0 Å². The molecule has 3 N–H and O–H groups in total. The number of aliphatic hydroxyl groups excluding tert-OH is 2. The van der Waals surface area contributed by atoms with E-state index in [1.807, 2.05) is 18.2 Å². The fraction of sp³-hybridized carbons (Fsp3) is 0.569. The van der Waals surface area contributed by atoms with Gasteiger partial charge in [-0.25, -0.2) is 4.79 Å². The zero-order chi connectivity index (χ0) is 56.1. The van der Waals surface area contributed by atoms with E-state index in [9.17, 15) is 34.5 Å². The number of allylic oxidation sites excluding steroid dienone is 24. The van der Waals surface area contributed by atoms with Gasteiger partial charge in [-0.2, -0.15) is 0 Å². The number of rotatable bonds is 46. The van der Waals surface area contributed by atoms with Crippen LogP contribution < -0.4 is 0 Å². The second-order valence-corrected chi connectivity index (χ2v) is 18.8. The number of esters is 3. The summed E-state index contributed by atoms with van der Waals surface area (Å²) in [5, 5.41) is 31.5. The van der Waals surface area contributed by atoms with Gasteiger partial charge >= 0.3 is 23.9 Å². The molecular weight excluding hydrogens is 973 g/mol. The number of aliphatic carboxylic acids is 1. The van der Waals surface area contributed by atoms with Gasteiger partial charge in [-0.3, -0.25) is 14.4 Å². The van der Waals surface area contributed by atoms with Gasteiger partial charge in [0.2, 0.25) is 0 Å². The molecule has 0 aromatic heterocycles. The van der Waals surface area contributed by atoms with Gasteiger partial charge in [-0.05, 0) is 122 Å². The summed E-state index contributed by atoms with van der Waals surface area (Å²) >= 11 is 0. The number of ether oxygens (including phenoxy) is 5. The van der Waals surface area contributed by atoms with E-state index in [0.717, 1.165) is 122 Å². The van der Waals surface area contributed by atoms with Crippen molar-refractivity contribution in [3.05, 3.63) is 146 Å². The van der Waals surface area contributed by atoms with Gasteiger partial charge in [0.25, 0.3) is 0 Å². The van der Waals surface area contributed by atoms with E-state index >= 15 is 0 Å². The first kappa shape index (κ1) is 69.6. The second kappa shape index (κ2) is 51.4. The molecule has 0 bridgehead atoms. The first-order valence-corrected chi connectivity index (χ1v) is 28.8. The maximum Gasteiger partial charge on any atom is 0.335 e. The molecule has 0 aromatic carbocycles. The van der Waals surface area contributed by atoms with Crippen molar-refractivity contribution in [2.75, 3.05) is 13.2 Å². The van der Waals surface area contributed by atoms with Crippen molar-refractivity contribution in [2.24, 2.45) is 0 Å². The first-order chi connectivity index (χ1) is 37.6. The molecule has 1 saturated heterocycles. The maximum atomic E-state index is 13.1. The normalized spacial score (nSPS) is 19.1. The molecule has 0 spiro atoms. The smallest absolute Gasteiger partial charge is 0.335 e. The zero-order valence-electron chi connectivity index (χ0n) is 47.1. The van der Waals surface area contributed by atoms with E-state index in [0.29, 0.717) is 25.7 Å². The van der Waals surface area contributed by atoms with Crippen LogP contribution in [0.5, 0.6) is 0 Å². The fourth-order valence-corrected chi connectivity index (χ4v) is 7.60. The summed E-state index contributed by atoms with van der Waals surface area (Å²) in [4.78, 5) is 51.0. The topological polar surface area (TPSA) is 175 Å². The van der Waals surface area contributed by atoms with Crippen LogP contribution in [0.1, 0.15) is 188 Å². The van der Waals surface area contributed by atoms with Crippen LogP contribution in [0.2, 0.25) is 0 Å². The molecule has 1 heterocycles. The first-order valence-electron chi connectivity index (χ1n) is 28.8. The van der Waals surface area contributed by atoms with Crippen LogP contribution in [-0.2, 0) is 42.9 Å². The molecule has 12 nitrogen and oxygen atoms in total. The molecule has 1 aliphatic rings. The third kappa shape index (κ3) is 41.4. The lowest BCUT2D eigenvalue weighted by atomic mass is 9.98. The minimum Gasteiger partial charge on any atom is -0.479 e. The van der Waals surface area contributed by atoms with Crippen molar-refractivity contribution < 1.29 is 58.2 Å². The van der Waals surface area contributed by atoms with E-state index in [1.54, 1.807) is 0 Å². The quantitative estimate of drug-likeness (QED) is 0.0228. The predicted octanol–water partition coefficient (Wildman–Crippen LogP) is 14.8. The summed E-state index contributed by atoms with van der Waals surface area (Å²) in [6.45, 7) is 5.52. The molecule has 1 rings (SSSR count). The molecule has 0 saturated carbocycles. The SMILES string of the molecule is CC/C=C\C/C=C\C/C=C\C/C=C\CCCCCCCCC(=O)OC1C(OCC(COC(=O)CCCC/C=C\C/C=C\C/C=C\C/C=C\CC)OC(=O)CC/C=C\C/C=C\C/C=C\C/C=C\CC)OC(C(=O)O)C(O)C1O. The van der Waals surface area contributed by atoms with E-state index < -0.39 is 67.3 Å². The molecule has 6 unspecified atom stereocenters. The Hall–Kier alpha value is -5.40. The Labute approximate surface area is 463 Å². The highest BCUT2D eigenvalue weighted by Crippen LogP contribution is 2.26. The lowest BCUT2D eigenvalue weighted by Crippen LogP contribution is -2.61. The number of carboxylic acid groups (broad SMARTS) is 1. The van der Waals surface area contributed by atoms with Gasteiger partial charge in [0.1, 0.15) is 18.8 Å². The Bertz CT molecular complexity index is 1890. The molecular formula is C65H98O12. The van der Waals surface area contributed by atoms with Crippen LogP contribution in [0.3, 0.4) is 0 Å². The predicted molar refractivity (Wildman–Crippen MR) is 312 cm³/mol. The number of aliphatic hydroxyl groups is 2. The van der Waals surface area contributed by atoms with E-state index in [2.05, 4.69) is 148 Å². The third-order valence-corrected chi connectivity index (χ3v) is 11.9. The highest BCUT2D eigenvalue weighted by atomic mass is 16.7.